The maximum atomic E-state index is 2.75. The molecule has 202 valence electrons. The number of fused-ring (bicyclic) bond motifs is 4. The van der Waals surface area contributed by atoms with E-state index in [4.69, 9.17) is 0 Å². The number of allylic oxidation sites excluding steroid dienone is 8. The lowest BCUT2D eigenvalue weighted by atomic mass is 9.46. The second-order valence-corrected chi connectivity index (χ2v) is 17.3. The van der Waals surface area contributed by atoms with E-state index in [0.717, 1.165) is 59.2 Å². The summed E-state index contributed by atoms with van der Waals surface area (Å²) in [5.74, 6) is 8.68. The molecule has 37 heavy (non-hydrogen) atoms. The van der Waals surface area contributed by atoms with E-state index in [9.17, 15) is 0 Å². The first-order chi connectivity index (χ1) is 17.4. The molecule has 7 aliphatic carbocycles. The van der Waals surface area contributed by atoms with Crippen LogP contribution in [0.1, 0.15) is 107 Å². The molecule has 0 nitrogen and oxygen atoms in total. The molecule has 0 spiro atoms. The van der Waals surface area contributed by atoms with Crippen LogP contribution in [0.3, 0.4) is 0 Å². The number of rotatable bonds is 3. The van der Waals surface area contributed by atoms with Gasteiger partial charge in [0.2, 0.25) is 0 Å². The monoisotopic (exact) mass is 498 g/mol. The molecule has 7 rings (SSSR count). The second-order valence-electron chi connectivity index (χ2n) is 17.3. The Balaban J connectivity index is 1.12. The van der Waals surface area contributed by atoms with Crippen LogP contribution in [-0.2, 0) is 0 Å². The summed E-state index contributed by atoms with van der Waals surface area (Å²) in [6.07, 6.45) is 21.8. The fourth-order valence-corrected chi connectivity index (χ4v) is 11.8. The third-order valence-electron chi connectivity index (χ3n) is 13.7. The fraction of sp³-hybridized carbons (Fsp3) is 0.784. The van der Waals surface area contributed by atoms with E-state index >= 15 is 0 Å². The molecule has 0 aromatic heterocycles. The van der Waals surface area contributed by atoms with Gasteiger partial charge in [0, 0.05) is 0 Å². The van der Waals surface area contributed by atoms with Crippen molar-refractivity contribution in [2.75, 3.05) is 0 Å². The van der Waals surface area contributed by atoms with Gasteiger partial charge < -0.3 is 0 Å². The van der Waals surface area contributed by atoms with Crippen LogP contribution in [0.2, 0.25) is 0 Å². The largest absolute Gasteiger partial charge is 0.0803 e. The fourth-order valence-electron chi connectivity index (χ4n) is 11.8. The van der Waals surface area contributed by atoms with Gasteiger partial charge in [0.15, 0.2) is 0 Å². The Morgan fingerprint density at radius 1 is 0.676 bits per heavy atom. The van der Waals surface area contributed by atoms with Crippen molar-refractivity contribution in [2.45, 2.75) is 107 Å². The predicted molar refractivity (Wildman–Crippen MR) is 157 cm³/mol. The highest BCUT2D eigenvalue weighted by atomic mass is 14.6. The molecular formula is C37H54. The molecule has 11 atom stereocenters. The average molecular weight is 499 g/mol. The summed E-state index contributed by atoms with van der Waals surface area (Å²) in [5, 5.41) is 0. The molecule has 0 aromatic rings. The normalized spacial score (nSPS) is 50.7. The quantitative estimate of drug-likeness (QED) is 0.363. The van der Waals surface area contributed by atoms with Crippen LogP contribution in [0.5, 0.6) is 0 Å². The van der Waals surface area contributed by atoms with Gasteiger partial charge in [0.05, 0.1) is 0 Å². The van der Waals surface area contributed by atoms with Gasteiger partial charge in [-0.15, -0.1) is 0 Å². The van der Waals surface area contributed by atoms with Crippen LogP contribution in [0, 0.1) is 75.4 Å². The summed E-state index contributed by atoms with van der Waals surface area (Å²) in [5.41, 5.74) is 8.69. The smallest absolute Gasteiger partial charge is 0.0129 e. The van der Waals surface area contributed by atoms with Crippen molar-refractivity contribution in [2.24, 2.45) is 75.4 Å². The van der Waals surface area contributed by atoms with Crippen LogP contribution in [0.25, 0.3) is 0 Å². The summed E-state index contributed by atoms with van der Waals surface area (Å²) in [4.78, 5) is 0. The molecule has 0 saturated heterocycles. The molecule has 0 heterocycles. The molecular weight excluding hydrogens is 444 g/mol. The minimum atomic E-state index is 0.483. The summed E-state index contributed by atoms with van der Waals surface area (Å²) in [6.45, 7) is 20.6. The standard InChI is InChI=1S/C37H54/c1-21-13-28-26(11-9-24-16-35(4,5)18-31(24)28)30(21)20-37(8)23(3)15-33(37)34-22(2)14-29-27(34)12-10-25-17-36(6,7)19-32(25)29/h9-12,21-23,26-30,33-34H,13-20H2,1-8H3. The Morgan fingerprint density at radius 2 is 1.22 bits per heavy atom. The van der Waals surface area contributed by atoms with Crippen LogP contribution in [0.15, 0.2) is 46.6 Å². The zero-order chi connectivity index (χ0) is 26.1. The molecule has 0 bridgehead atoms. The van der Waals surface area contributed by atoms with Gasteiger partial charge in [0.25, 0.3) is 0 Å². The van der Waals surface area contributed by atoms with Gasteiger partial charge in [-0.3, -0.25) is 0 Å². The molecule has 11 unspecified atom stereocenters. The molecule has 0 radical (unpaired) electrons. The zero-order valence-electron chi connectivity index (χ0n) is 25.2. The SMILES string of the molecule is CC1CC2C3=C(C=CC2C1CC1(C)C(C)CC1C1C(C)CC2C4=C(C=CC21)CC(C)(C)C4)CC(C)(C)C3. The van der Waals surface area contributed by atoms with Crippen molar-refractivity contribution >= 4 is 0 Å². The highest BCUT2D eigenvalue weighted by Crippen LogP contribution is 2.68. The van der Waals surface area contributed by atoms with E-state index in [2.05, 4.69) is 79.7 Å². The minimum Gasteiger partial charge on any atom is -0.0803 e. The first kappa shape index (κ1) is 25.0. The third-order valence-corrected chi connectivity index (χ3v) is 13.7. The maximum Gasteiger partial charge on any atom is -0.0129 e. The lowest BCUT2D eigenvalue weighted by molar-refractivity contribution is -0.0995. The lowest BCUT2D eigenvalue weighted by Gasteiger charge is -2.59. The Morgan fingerprint density at radius 3 is 1.81 bits per heavy atom. The number of hydrogen-bond donors (Lipinski definition) is 0. The van der Waals surface area contributed by atoms with E-state index in [-0.39, 0.29) is 0 Å². The van der Waals surface area contributed by atoms with Gasteiger partial charge in [-0.1, -0.05) is 90.8 Å². The first-order valence-electron chi connectivity index (χ1n) is 16.2. The van der Waals surface area contributed by atoms with Gasteiger partial charge in [-0.25, -0.2) is 0 Å². The zero-order valence-corrected chi connectivity index (χ0v) is 25.2. The van der Waals surface area contributed by atoms with E-state index in [0.29, 0.717) is 16.2 Å². The van der Waals surface area contributed by atoms with Crippen LogP contribution < -0.4 is 0 Å². The van der Waals surface area contributed by atoms with Crippen molar-refractivity contribution in [1.82, 2.24) is 0 Å². The van der Waals surface area contributed by atoms with E-state index in [1.165, 1.54) is 51.4 Å². The van der Waals surface area contributed by atoms with E-state index < -0.39 is 0 Å². The highest BCUT2D eigenvalue weighted by Gasteiger charge is 2.60. The first-order valence-corrected chi connectivity index (χ1v) is 16.2. The summed E-state index contributed by atoms with van der Waals surface area (Å²) >= 11 is 0. The van der Waals surface area contributed by atoms with E-state index in [1.807, 2.05) is 11.1 Å². The van der Waals surface area contributed by atoms with Crippen molar-refractivity contribution < 1.29 is 0 Å². The molecule has 0 aromatic carbocycles. The van der Waals surface area contributed by atoms with E-state index in [1.54, 1.807) is 11.1 Å². The van der Waals surface area contributed by atoms with Gasteiger partial charge in [-0.05, 0) is 138 Å². The molecule has 3 saturated carbocycles. The van der Waals surface area contributed by atoms with Gasteiger partial charge in [0.1, 0.15) is 0 Å². The number of hydrogen-bond acceptors (Lipinski definition) is 0. The van der Waals surface area contributed by atoms with Crippen molar-refractivity contribution in [3.8, 4) is 0 Å². The van der Waals surface area contributed by atoms with Gasteiger partial charge >= 0.3 is 0 Å². The molecule has 0 N–H and O–H groups in total. The van der Waals surface area contributed by atoms with Crippen LogP contribution in [0.4, 0.5) is 0 Å². The van der Waals surface area contributed by atoms with Crippen molar-refractivity contribution in [3.05, 3.63) is 46.6 Å². The topological polar surface area (TPSA) is 0 Å². The molecule has 0 amide bonds. The van der Waals surface area contributed by atoms with Crippen LogP contribution >= 0.6 is 0 Å². The Labute approximate surface area is 228 Å². The maximum absolute atomic E-state index is 2.75. The van der Waals surface area contributed by atoms with Gasteiger partial charge in [-0.2, -0.15) is 0 Å². The summed E-state index contributed by atoms with van der Waals surface area (Å²) in [6, 6.07) is 0. The predicted octanol–water partition coefficient (Wildman–Crippen LogP) is 10.2. The minimum absolute atomic E-state index is 0.483. The summed E-state index contributed by atoms with van der Waals surface area (Å²) in [7, 11) is 0. The third kappa shape index (κ3) is 3.65. The molecule has 7 aliphatic rings. The molecule has 3 fully saturated rings. The Kier molecular flexibility index (Phi) is 5.40. The average Bonchev–Trinajstić information content (AvgIpc) is 3.50. The molecule has 0 heteroatoms. The summed E-state index contributed by atoms with van der Waals surface area (Å²) < 4.78 is 0. The van der Waals surface area contributed by atoms with Crippen LogP contribution in [-0.4, -0.2) is 0 Å². The van der Waals surface area contributed by atoms with Crippen molar-refractivity contribution in [1.29, 1.82) is 0 Å². The Bertz CT molecular complexity index is 1100. The Hall–Kier alpha value is -1.04. The lowest BCUT2D eigenvalue weighted by Crippen LogP contribution is -2.52. The second kappa shape index (κ2) is 8.01. The highest BCUT2D eigenvalue weighted by molar-refractivity contribution is 5.41. The molecule has 0 aliphatic heterocycles. The van der Waals surface area contributed by atoms with Crippen molar-refractivity contribution in [3.63, 3.8) is 0 Å².